The number of aryl methyl sites for hydroxylation is 2. The van der Waals surface area contributed by atoms with Crippen LogP contribution in [0.5, 0.6) is 0 Å². The average Bonchev–Trinajstić information content (AvgIpc) is 3.18. The smallest absolute Gasteiger partial charge is 0.234 e. The molecule has 0 saturated carbocycles. The van der Waals surface area contributed by atoms with Crippen LogP contribution in [0.2, 0.25) is 0 Å². The summed E-state index contributed by atoms with van der Waals surface area (Å²) in [5.41, 5.74) is 5.03. The normalized spacial score (nSPS) is 10.8. The van der Waals surface area contributed by atoms with E-state index in [1.165, 1.54) is 11.8 Å². The molecule has 0 aliphatic heterocycles. The molecular weight excluding hydrogens is 484 g/mol. The van der Waals surface area contributed by atoms with Crippen LogP contribution in [0.15, 0.2) is 82.4 Å². The van der Waals surface area contributed by atoms with Crippen LogP contribution >= 0.6 is 27.7 Å². The first-order valence-electron chi connectivity index (χ1n) is 10.2. The lowest BCUT2D eigenvalue weighted by Gasteiger charge is -2.13. The molecule has 0 atom stereocenters. The first-order valence-corrected chi connectivity index (χ1v) is 12.0. The van der Waals surface area contributed by atoms with Crippen LogP contribution in [0.3, 0.4) is 0 Å². The first kappa shape index (κ1) is 22.3. The number of carbonyl (C=O) groups is 1. The summed E-state index contributed by atoms with van der Waals surface area (Å²) in [5, 5.41) is 12.6. The summed E-state index contributed by atoms with van der Waals surface area (Å²) in [6, 6.07) is 24.2. The van der Waals surface area contributed by atoms with Gasteiger partial charge in [0.05, 0.1) is 5.75 Å². The van der Waals surface area contributed by atoms with Gasteiger partial charge in [-0.3, -0.25) is 9.36 Å². The lowest BCUT2D eigenvalue weighted by Crippen LogP contribution is -2.16. The van der Waals surface area contributed by atoms with Crippen LogP contribution in [0.4, 0.5) is 5.69 Å². The van der Waals surface area contributed by atoms with E-state index in [2.05, 4.69) is 43.6 Å². The third-order valence-electron chi connectivity index (χ3n) is 5.01. The number of amides is 1. The minimum atomic E-state index is -0.0734. The number of hydrogen-bond acceptors (Lipinski definition) is 4. The van der Waals surface area contributed by atoms with Crippen molar-refractivity contribution in [1.82, 2.24) is 14.8 Å². The van der Waals surface area contributed by atoms with Crippen molar-refractivity contribution < 1.29 is 4.79 Å². The van der Waals surface area contributed by atoms with E-state index in [0.717, 1.165) is 38.4 Å². The zero-order valence-electron chi connectivity index (χ0n) is 17.9. The number of thioether (sulfide) groups is 1. The second-order valence-electron chi connectivity index (χ2n) is 7.48. The van der Waals surface area contributed by atoms with Crippen LogP contribution < -0.4 is 5.32 Å². The fourth-order valence-corrected chi connectivity index (χ4v) is 4.99. The van der Waals surface area contributed by atoms with E-state index in [0.29, 0.717) is 11.6 Å². The van der Waals surface area contributed by atoms with Gasteiger partial charge in [-0.05, 0) is 54.8 Å². The topological polar surface area (TPSA) is 59.8 Å². The summed E-state index contributed by atoms with van der Waals surface area (Å²) < 4.78 is 3.03. The fraction of sp³-hybridized carbons (Fsp3) is 0.160. The van der Waals surface area contributed by atoms with E-state index < -0.39 is 0 Å². The Morgan fingerprint density at radius 3 is 2.25 bits per heavy atom. The van der Waals surface area contributed by atoms with Gasteiger partial charge in [0.25, 0.3) is 0 Å². The highest BCUT2D eigenvalue weighted by atomic mass is 79.9. The van der Waals surface area contributed by atoms with E-state index in [-0.39, 0.29) is 11.7 Å². The molecule has 1 amide bonds. The van der Waals surface area contributed by atoms with Crippen molar-refractivity contribution in [3.63, 3.8) is 0 Å². The van der Waals surface area contributed by atoms with Gasteiger partial charge in [-0.15, -0.1) is 10.2 Å². The lowest BCUT2D eigenvalue weighted by molar-refractivity contribution is -0.113. The number of aromatic nitrogens is 3. The maximum atomic E-state index is 12.7. The molecule has 5 nitrogen and oxygen atoms in total. The molecule has 0 saturated heterocycles. The summed E-state index contributed by atoms with van der Waals surface area (Å²) in [6.45, 7) is 3.98. The van der Waals surface area contributed by atoms with E-state index in [1.54, 1.807) is 0 Å². The maximum Gasteiger partial charge on any atom is 0.234 e. The van der Waals surface area contributed by atoms with Crippen LogP contribution in [0.25, 0.3) is 5.69 Å². The monoisotopic (exact) mass is 506 g/mol. The van der Waals surface area contributed by atoms with Crippen molar-refractivity contribution in [3.05, 3.63) is 99.8 Å². The van der Waals surface area contributed by atoms with Gasteiger partial charge in [0.1, 0.15) is 5.82 Å². The number of nitrogens with one attached hydrogen (secondary N) is 1. The summed E-state index contributed by atoms with van der Waals surface area (Å²) in [6.07, 6.45) is 0.659. The number of rotatable bonds is 7. The van der Waals surface area contributed by atoms with Gasteiger partial charge in [0, 0.05) is 22.3 Å². The SMILES string of the molecule is Cc1cc(Br)cc(C)c1NC(=O)CSc1nnc(Cc2ccccc2)n1-c1ccccc1. The Hall–Kier alpha value is -2.90. The summed E-state index contributed by atoms with van der Waals surface area (Å²) in [7, 11) is 0. The molecule has 1 aromatic heterocycles. The predicted molar refractivity (Wildman–Crippen MR) is 134 cm³/mol. The number of nitrogens with zero attached hydrogens (tertiary/aromatic N) is 3. The highest BCUT2D eigenvalue weighted by molar-refractivity contribution is 9.10. The van der Waals surface area contributed by atoms with Gasteiger partial charge in [-0.25, -0.2) is 0 Å². The van der Waals surface area contributed by atoms with Gasteiger partial charge in [-0.2, -0.15) is 0 Å². The van der Waals surface area contributed by atoms with E-state index in [9.17, 15) is 4.79 Å². The number of benzene rings is 3. The molecule has 162 valence electrons. The highest BCUT2D eigenvalue weighted by Gasteiger charge is 2.17. The minimum Gasteiger partial charge on any atom is -0.325 e. The van der Waals surface area contributed by atoms with Gasteiger partial charge in [0.2, 0.25) is 5.91 Å². The standard InChI is InChI=1S/C25H23BrN4OS/c1-17-13-20(26)14-18(2)24(17)27-23(31)16-32-25-29-28-22(15-19-9-5-3-6-10-19)30(25)21-11-7-4-8-12-21/h3-14H,15-16H2,1-2H3,(H,27,31). The number of para-hydroxylation sites is 1. The van der Waals surface area contributed by atoms with Crippen molar-refractivity contribution in [2.24, 2.45) is 0 Å². The molecule has 4 rings (SSSR count). The average molecular weight is 507 g/mol. The molecule has 4 aromatic rings. The molecule has 3 aromatic carbocycles. The maximum absolute atomic E-state index is 12.7. The Morgan fingerprint density at radius 1 is 0.969 bits per heavy atom. The Balaban J connectivity index is 1.54. The number of anilines is 1. The summed E-state index contributed by atoms with van der Waals surface area (Å²) in [4.78, 5) is 12.7. The highest BCUT2D eigenvalue weighted by Crippen LogP contribution is 2.27. The quantitative estimate of drug-likeness (QED) is 0.313. The predicted octanol–water partition coefficient (Wildman–Crippen LogP) is 5.97. The molecule has 0 unspecified atom stereocenters. The summed E-state index contributed by atoms with van der Waals surface area (Å²) >= 11 is 4.88. The van der Waals surface area contributed by atoms with Gasteiger partial charge >= 0.3 is 0 Å². The van der Waals surface area contributed by atoms with Crippen molar-refractivity contribution in [2.45, 2.75) is 25.4 Å². The Bertz CT molecular complexity index is 1200. The summed E-state index contributed by atoms with van der Waals surface area (Å²) in [5.74, 6) is 1.01. The van der Waals surface area contributed by atoms with Gasteiger partial charge in [0.15, 0.2) is 5.16 Å². The zero-order valence-corrected chi connectivity index (χ0v) is 20.3. The second kappa shape index (κ2) is 10.1. The number of hydrogen-bond donors (Lipinski definition) is 1. The lowest BCUT2D eigenvalue weighted by atomic mass is 10.1. The molecule has 32 heavy (non-hydrogen) atoms. The van der Waals surface area contributed by atoms with Crippen molar-refractivity contribution in [2.75, 3.05) is 11.1 Å². The Labute approximate surface area is 200 Å². The van der Waals surface area contributed by atoms with Crippen molar-refractivity contribution >= 4 is 39.3 Å². The molecule has 0 aliphatic carbocycles. The number of halogens is 1. The van der Waals surface area contributed by atoms with Crippen LogP contribution in [0, 0.1) is 13.8 Å². The van der Waals surface area contributed by atoms with Gasteiger partial charge in [-0.1, -0.05) is 76.2 Å². The zero-order chi connectivity index (χ0) is 22.5. The van der Waals surface area contributed by atoms with Gasteiger partial charge < -0.3 is 5.32 Å². The Kier molecular flexibility index (Phi) is 7.07. The molecule has 7 heteroatoms. The molecule has 0 fully saturated rings. The van der Waals surface area contributed by atoms with Crippen molar-refractivity contribution in [1.29, 1.82) is 0 Å². The molecule has 0 bridgehead atoms. The largest absolute Gasteiger partial charge is 0.325 e. The molecule has 0 spiro atoms. The molecule has 1 heterocycles. The molecule has 0 radical (unpaired) electrons. The van der Waals surface area contributed by atoms with Crippen LogP contribution in [-0.4, -0.2) is 26.4 Å². The van der Waals surface area contributed by atoms with Crippen LogP contribution in [0.1, 0.15) is 22.5 Å². The van der Waals surface area contributed by atoms with E-state index in [4.69, 9.17) is 0 Å². The first-order chi connectivity index (χ1) is 15.5. The van der Waals surface area contributed by atoms with E-state index in [1.807, 2.05) is 79.1 Å². The third-order valence-corrected chi connectivity index (χ3v) is 6.40. The molecule has 0 aliphatic rings. The Morgan fingerprint density at radius 2 is 1.59 bits per heavy atom. The molecular formula is C25H23BrN4OS. The fourth-order valence-electron chi connectivity index (χ4n) is 3.54. The molecule has 1 N–H and O–H groups in total. The van der Waals surface area contributed by atoms with E-state index >= 15 is 0 Å². The van der Waals surface area contributed by atoms with Crippen molar-refractivity contribution in [3.8, 4) is 5.69 Å². The minimum absolute atomic E-state index is 0.0734. The van der Waals surface area contributed by atoms with Crippen LogP contribution in [-0.2, 0) is 11.2 Å². The number of carbonyl (C=O) groups excluding carboxylic acids is 1. The second-order valence-corrected chi connectivity index (χ2v) is 9.34. The third kappa shape index (κ3) is 5.29.